The van der Waals surface area contributed by atoms with Gasteiger partial charge in [0.15, 0.2) is 0 Å². The summed E-state index contributed by atoms with van der Waals surface area (Å²) in [6.07, 6.45) is 1.33. The Balaban J connectivity index is 3.15. The van der Waals surface area contributed by atoms with Gasteiger partial charge in [0.1, 0.15) is 0 Å². The summed E-state index contributed by atoms with van der Waals surface area (Å²) in [6, 6.07) is 1.21. The van der Waals surface area contributed by atoms with Crippen LogP contribution in [-0.2, 0) is 18.4 Å². The van der Waals surface area contributed by atoms with E-state index in [0.717, 1.165) is 4.57 Å². The van der Waals surface area contributed by atoms with Crippen LogP contribution in [0, 0.1) is 5.92 Å². The third-order valence-electron chi connectivity index (χ3n) is 2.28. The lowest BCUT2D eigenvalue weighted by Crippen LogP contribution is -2.42. The van der Waals surface area contributed by atoms with Crippen LogP contribution in [-0.4, -0.2) is 26.8 Å². The van der Waals surface area contributed by atoms with Gasteiger partial charge in [-0.05, 0) is 0 Å². The lowest BCUT2D eigenvalue weighted by atomic mass is 10.1. The zero-order valence-electron chi connectivity index (χ0n) is 8.79. The molecule has 0 aromatic carbocycles. The molecule has 1 rings (SSSR count). The minimum Gasteiger partial charge on any atom is -0.481 e. The normalized spacial score (nSPS) is 12.4. The summed E-state index contributed by atoms with van der Waals surface area (Å²) >= 11 is 0. The fourth-order valence-corrected chi connectivity index (χ4v) is 1.26. The molecule has 7 nitrogen and oxygen atoms in total. The second-order valence-electron chi connectivity index (χ2n) is 3.43. The van der Waals surface area contributed by atoms with E-state index in [1.807, 2.05) is 0 Å². The van der Waals surface area contributed by atoms with E-state index in [1.54, 1.807) is 0 Å². The van der Waals surface area contributed by atoms with Crippen LogP contribution in [0.1, 0.15) is 0 Å². The van der Waals surface area contributed by atoms with E-state index in [1.165, 1.54) is 23.9 Å². The number of hydrogen-bond donors (Lipinski definition) is 2. The van der Waals surface area contributed by atoms with Gasteiger partial charge in [0, 0.05) is 32.4 Å². The van der Waals surface area contributed by atoms with Crippen LogP contribution >= 0.6 is 0 Å². The van der Waals surface area contributed by atoms with Crippen LogP contribution in [0.2, 0.25) is 0 Å². The third-order valence-corrected chi connectivity index (χ3v) is 2.28. The molecule has 0 aliphatic carbocycles. The Morgan fingerprint density at radius 2 is 2.19 bits per heavy atom. The summed E-state index contributed by atoms with van der Waals surface area (Å²) in [7, 11) is 1.48. The van der Waals surface area contributed by atoms with E-state index in [-0.39, 0.29) is 13.1 Å². The van der Waals surface area contributed by atoms with Gasteiger partial charge >= 0.3 is 11.7 Å². The van der Waals surface area contributed by atoms with Gasteiger partial charge in [-0.25, -0.2) is 4.79 Å². The van der Waals surface area contributed by atoms with Crippen LogP contribution in [0.25, 0.3) is 0 Å². The number of carboxylic acid groups (broad SMARTS) is 1. The molecule has 0 radical (unpaired) electrons. The number of hydrogen-bond acceptors (Lipinski definition) is 4. The van der Waals surface area contributed by atoms with Gasteiger partial charge in [-0.3, -0.25) is 14.2 Å². The number of carboxylic acids is 1. The van der Waals surface area contributed by atoms with E-state index < -0.39 is 23.1 Å². The van der Waals surface area contributed by atoms with E-state index >= 15 is 0 Å². The predicted molar refractivity (Wildman–Crippen MR) is 56.1 cm³/mol. The fraction of sp³-hybridized carbons (Fsp3) is 0.444. The standard InChI is InChI=1S/C9H13N3O4/c1-11-3-2-7(13)12(9(11)16)5-6(4-10)8(14)15/h2-3,6H,4-5,10H2,1H3,(H,14,15). The van der Waals surface area contributed by atoms with Crippen molar-refractivity contribution in [1.29, 1.82) is 0 Å². The Hall–Kier alpha value is -1.89. The van der Waals surface area contributed by atoms with Crippen LogP contribution in [0.15, 0.2) is 21.9 Å². The molecule has 7 heteroatoms. The number of carbonyl (C=O) groups is 1. The maximum Gasteiger partial charge on any atom is 0.330 e. The Labute approximate surface area is 90.7 Å². The van der Waals surface area contributed by atoms with Crippen molar-refractivity contribution in [2.75, 3.05) is 6.54 Å². The first-order chi connectivity index (χ1) is 7.47. The first-order valence-corrected chi connectivity index (χ1v) is 4.66. The molecule has 0 aliphatic heterocycles. The van der Waals surface area contributed by atoms with Crippen LogP contribution in [0.3, 0.4) is 0 Å². The van der Waals surface area contributed by atoms with Gasteiger partial charge in [0.05, 0.1) is 5.92 Å². The van der Waals surface area contributed by atoms with Crippen LogP contribution in [0.5, 0.6) is 0 Å². The largest absolute Gasteiger partial charge is 0.481 e. The Bertz CT molecular complexity index is 502. The average molecular weight is 227 g/mol. The van der Waals surface area contributed by atoms with E-state index in [2.05, 4.69) is 0 Å². The molecule has 88 valence electrons. The molecule has 3 N–H and O–H groups in total. The highest BCUT2D eigenvalue weighted by Gasteiger charge is 2.18. The summed E-state index contributed by atoms with van der Waals surface area (Å²) in [4.78, 5) is 33.7. The molecule has 0 saturated heterocycles. The smallest absolute Gasteiger partial charge is 0.330 e. The fourth-order valence-electron chi connectivity index (χ4n) is 1.26. The summed E-state index contributed by atoms with van der Waals surface area (Å²) in [5.41, 5.74) is 4.18. The lowest BCUT2D eigenvalue weighted by molar-refractivity contribution is -0.141. The molecule has 1 atom stereocenters. The van der Waals surface area contributed by atoms with Crippen molar-refractivity contribution < 1.29 is 9.90 Å². The number of rotatable bonds is 4. The van der Waals surface area contributed by atoms with Gasteiger partial charge < -0.3 is 15.4 Å². The van der Waals surface area contributed by atoms with Crippen molar-refractivity contribution in [3.8, 4) is 0 Å². The molecule has 0 aliphatic rings. The van der Waals surface area contributed by atoms with Crippen molar-refractivity contribution in [3.05, 3.63) is 33.1 Å². The van der Waals surface area contributed by atoms with Crippen LogP contribution in [0.4, 0.5) is 0 Å². The SMILES string of the molecule is Cn1ccc(=O)n(CC(CN)C(=O)O)c1=O. The minimum absolute atomic E-state index is 0.125. The zero-order valence-corrected chi connectivity index (χ0v) is 8.79. The molecule has 0 saturated carbocycles. The molecule has 0 amide bonds. The maximum absolute atomic E-state index is 11.6. The third kappa shape index (κ3) is 2.37. The van der Waals surface area contributed by atoms with Crippen molar-refractivity contribution in [2.24, 2.45) is 18.7 Å². The van der Waals surface area contributed by atoms with Gasteiger partial charge in [-0.1, -0.05) is 0 Å². The first kappa shape index (κ1) is 12.2. The minimum atomic E-state index is -1.12. The van der Waals surface area contributed by atoms with Crippen LogP contribution < -0.4 is 17.0 Å². The second-order valence-corrected chi connectivity index (χ2v) is 3.43. The molecule has 1 aromatic rings. The molecular weight excluding hydrogens is 214 g/mol. The number of nitrogens with zero attached hydrogens (tertiary/aromatic N) is 2. The van der Waals surface area contributed by atoms with E-state index in [4.69, 9.17) is 10.8 Å². The molecule has 0 spiro atoms. The molecule has 16 heavy (non-hydrogen) atoms. The quantitative estimate of drug-likeness (QED) is 0.631. The van der Waals surface area contributed by atoms with Crippen molar-refractivity contribution in [2.45, 2.75) is 6.54 Å². The predicted octanol–water partition coefficient (Wildman–Crippen LogP) is -1.79. The Morgan fingerprint density at radius 1 is 1.56 bits per heavy atom. The Kier molecular flexibility index (Phi) is 3.62. The monoisotopic (exact) mass is 227 g/mol. The summed E-state index contributed by atoms with van der Waals surface area (Å²) in [6.45, 7) is -0.335. The number of nitrogens with two attached hydrogens (primary N) is 1. The average Bonchev–Trinajstić information content (AvgIpc) is 2.23. The van der Waals surface area contributed by atoms with Gasteiger partial charge in [-0.2, -0.15) is 0 Å². The Morgan fingerprint density at radius 3 is 2.69 bits per heavy atom. The van der Waals surface area contributed by atoms with E-state index in [9.17, 15) is 14.4 Å². The van der Waals surface area contributed by atoms with Gasteiger partial charge in [0.25, 0.3) is 5.56 Å². The molecular formula is C9H13N3O4. The summed E-state index contributed by atoms with van der Waals surface area (Å²) < 4.78 is 2.07. The topological polar surface area (TPSA) is 107 Å². The highest BCUT2D eigenvalue weighted by molar-refractivity contribution is 5.70. The summed E-state index contributed by atoms with van der Waals surface area (Å²) in [5.74, 6) is -2.06. The highest BCUT2D eigenvalue weighted by atomic mass is 16.4. The van der Waals surface area contributed by atoms with Crippen molar-refractivity contribution in [1.82, 2.24) is 9.13 Å². The van der Waals surface area contributed by atoms with Crippen molar-refractivity contribution in [3.63, 3.8) is 0 Å². The first-order valence-electron chi connectivity index (χ1n) is 4.66. The van der Waals surface area contributed by atoms with E-state index in [0.29, 0.717) is 0 Å². The number of aliphatic carboxylic acids is 1. The zero-order chi connectivity index (χ0) is 12.3. The van der Waals surface area contributed by atoms with Gasteiger partial charge in [-0.15, -0.1) is 0 Å². The lowest BCUT2D eigenvalue weighted by Gasteiger charge is -2.11. The van der Waals surface area contributed by atoms with Crippen molar-refractivity contribution >= 4 is 5.97 Å². The number of aryl methyl sites for hydroxylation is 1. The highest BCUT2D eigenvalue weighted by Crippen LogP contribution is 1.95. The summed E-state index contributed by atoms with van der Waals surface area (Å²) in [5, 5.41) is 8.78. The molecule has 1 unspecified atom stereocenters. The number of aromatic nitrogens is 2. The molecule has 0 fully saturated rings. The second kappa shape index (κ2) is 4.75. The molecule has 0 bridgehead atoms. The maximum atomic E-state index is 11.6. The molecule has 1 heterocycles. The van der Waals surface area contributed by atoms with Gasteiger partial charge in [0.2, 0.25) is 0 Å². The molecule has 1 aromatic heterocycles.